The molecule has 0 radical (unpaired) electrons. The van der Waals surface area contributed by atoms with E-state index < -0.39 is 0 Å². The highest BCUT2D eigenvalue weighted by atomic mass is 16.5. The van der Waals surface area contributed by atoms with E-state index in [0.29, 0.717) is 0 Å². The largest absolute Gasteiger partial charge is 0.457 e. The molecule has 0 aliphatic carbocycles. The van der Waals surface area contributed by atoms with Gasteiger partial charge < -0.3 is 4.74 Å². The van der Waals surface area contributed by atoms with E-state index >= 15 is 0 Å². The molecule has 8 aromatic rings. The molecule has 0 saturated carbocycles. The molecular weight excluding hydrogens is 625 g/mol. The molecule has 51 heavy (non-hydrogen) atoms. The number of hydrogen-bond acceptors (Lipinski definition) is 5. The number of ether oxygens (including phenoxy) is 1. The van der Waals surface area contributed by atoms with Gasteiger partial charge >= 0.3 is 0 Å². The first-order valence-electron chi connectivity index (χ1n) is 17.7. The third-order valence-corrected chi connectivity index (χ3v) is 9.39. The fourth-order valence-corrected chi connectivity index (χ4v) is 7.26. The summed E-state index contributed by atoms with van der Waals surface area (Å²) in [7, 11) is 0. The molecule has 5 heteroatoms. The lowest BCUT2D eigenvalue weighted by atomic mass is 9.88. The molecule has 0 aliphatic heterocycles. The molecular formula is C46H42N4O. The van der Waals surface area contributed by atoms with Gasteiger partial charge in [-0.3, -0.25) is 19.9 Å². The van der Waals surface area contributed by atoms with E-state index in [0.717, 1.165) is 69.0 Å². The van der Waals surface area contributed by atoms with Gasteiger partial charge in [-0.25, -0.2) is 0 Å². The number of fused-ring (bicyclic) bond motifs is 6. The van der Waals surface area contributed by atoms with Crippen molar-refractivity contribution in [2.75, 3.05) is 0 Å². The van der Waals surface area contributed by atoms with Crippen LogP contribution in [0.1, 0.15) is 52.9 Å². The van der Waals surface area contributed by atoms with E-state index in [1.165, 1.54) is 32.3 Å². The summed E-state index contributed by atoms with van der Waals surface area (Å²) in [5, 5.41) is 9.35. The van der Waals surface area contributed by atoms with Crippen LogP contribution in [-0.2, 0) is 12.8 Å². The van der Waals surface area contributed by atoms with Crippen LogP contribution in [0, 0.1) is 10.8 Å². The molecule has 252 valence electrons. The number of benzene rings is 4. The maximum atomic E-state index is 6.52. The highest BCUT2D eigenvalue weighted by molar-refractivity contribution is 6.12. The molecule has 4 aromatic carbocycles. The maximum absolute atomic E-state index is 6.52. The van der Waals surface area contributed by atoms with Crippen LogP contribution in [0.2, 0.25) is 0 Å². The standard InChI is InChI=1S/C46H42N4O/c1-45(2,3)27-41-37-13-15-39-35(33(37)17-21-47-41)19-23-49-43(39)29-9-7-11-31(25-29)51-32-12-8-10-30(26-32)44-40-16-14-38-34(36(40)20-24-50-44)18-22-48-42(38)28-46(4,5)6/h7-26H,27-28H2,1-6H3. The van der Waals surface area contributed by atoms with Crippen LogP contribution in [0.15, 0.2) is 122 Å². The lowest BCUT2D eigenvalue weighted by Gasteiger charge is -2.19. The minimum Gasteiger partial charge on any atom is -0.457 e. The predicted octanol–water partition coefficient (Wildman–Crippen LogP) is 12.2. The Morgan fingerprint density at radius 3 is 1.20 bits per heavy atom. The van der Waals surface area contributed by atoms with Crippen molar-refractivity contribution in [3.63, 3.8) is 0 Å². The van der Waals surface area contributed by atoms with Gasteiger partial charge in [0.15, 0.2) is 0 Å². The molecule has 0 N–H and O–H groups in total. The smallest absolute Gasteiger partial charge is 0.128 e. The monoisotopic (exact) mass is 666 g/mol. The first-order valence-corrected chi connectivity index (χ1v) is 17.7. The minimum absolute atomic E-state index is 0.147. The summed E-state index contributed by atoms with van der Waals surface area (Å²) in [5.41, 5.74) is 6.41. The second-order valence-corrected chi connectivity index (χ2v) is 16.0. The summed E-state index contributed by atoms with van der Waals surface area (Å²) in [5.74, 6) is 1.49. The zero-order chi connectivity index (χ0) is 35.3. The van der Waals surface area contributed by atoms with E-state index in [2.05, 4.69) is 114 Å². The Hall–Kier alpha value is -5.68. The first kappa shape index (κ1) is 32.5. The summed E-state index contributed by atoms with van der Waals surface area (Å²) in [4.78, 5) is 19.2. The second-order valence-electron chi connectivity index (χ2n) is 16.0. The third-order valence-electron chi connectivity index (χ3n) is 9.39. The van der Waals surface area contributed by atoms with Gasteiger partial charge in [-0.15, -0.1) is 0 Å². The molecule has 0 amide bonds. The SMILES string of the molecule is CC(C)(C)Cc1nccc2c1ccc1c(-c3cccc(Oc4cccc(-c5nccc6c5ccc5c(CC(C)(C)C)nccc56)c4)c3)nccc12. The van der Waals surface area contributed by atoms with Crippen LogP contribution >= 0.6 is 0 Å². The van der Waals surface area contributed by atoms with E-state index in [4.69, 9.17) is 24.7 Å². The highest BCUT2D eigenvalue weighted by Gasteiger charge is 2.18. The van der Waals surface area contributed by atoms with Crippen LogP contribution < -0.4 is 4.74 Å². The molecule has 4 heterocycles. The van der Waals surface area contributed by atoms with E-state index in [-0.39, 0.29) is 10.8 Å². The topological polar surface area (TPSA) is 60.8 Å². The number of rotatable bonds is 6. The van der Waals surface area contributed by atoms with Gasteiger partial charge in [0.25, 0.3) is 0 Å². The molecule has 0 unspecified atom stereocenters. The molecule has 5 nitrogen and oxygen atoms in total. The fourth-order valence-electron chi connectivity index (χ4n) is 7.26. The second kappa shape index (κ2) is 12.6. The lowest BCUT2D eigenvalue weighted by molar-refractivity contribution is 0.407. The summed E-state index contributed by atoms with van der Waals surface area (Å²) in [6.45, 7) is 13.5. The summed E-state index contributed by atoms with van der Waals surface area (Å²) < 4.78 is 6.52. The molecule has 0 bridgehead atoms. The average molecular weight is 667 g/mol. The molecule has 0 aliphatic rings. The third kappa shape index (κ3) is 6.52. The van der Waals surface area contributed by atoms with Crippen LogP contribution in [-0.4, -0.2) is 19.9 Å². The van der Waals surface area contributed by atoms with E-state index in [1.54, 1.807) is 0 Å². The van der Waals surface area contributed by atoms with E-state index in [1.807, 2.05) is 49.1 Å². The number of pyridine rings is 4. The van der Waals surface area contributed by atoms with Crippen molar-refractivity contribution in [3.8, 4) is 34.0 Å². The average Bonchev–Trinajstić information content (AvgIpc) is 3.10. The van der Waals surface area contributed by atoms with Crippen LogP contribution in [0.25, 0.3) is 65.6 Å². The van der Waals surface area contributed by atoms with Gasteiger partial charge in [-0.1, -0.05) is 90.1 Å². The van der Waals surface area contributed by atoms with Crippen molar-refractivity contribution in [2.45, 2.75) is 54.4 Å². The maximum Gasteiger partial charge on any atom is 0.128 e. The Bertz CT molecular complexity index is 2410. The van der Waals surface area contributed by atoms with Gasteiger partial charge in [0.05, 0.1) is 11.4 Å². The Morgan fingerprint density at radius 2 is 0.784 bits per heavy atom. The van der Waals surface area contributed by atoms with Gasteiger partial charge in [-0.05, 0) is 93.7 Å². The van der Waals surface area contributed by atoms with Crippen molar-refractivity contribution >= 4 is 43.1 Å². The molecule has 0 atom stereocenters. The van der Waals surface area contributed by atoms with Crippen molar-refractivity contribution in [3.05, 3.63) is 133 Å². The summed E-state index contributed by atoms with van der Waals surface area (Å²) in [6.07, 6.45) is 9.50. The highest BCUT2D eigenvalue weighted by Crippen LogP contribution is 2.38. The van der Waals surface area contributed by atoms with Gasteiger partial charge in [0.2, 0.25) is 0 Å². The molecule has 0 spiro atoms. The van der Waals surface area contributed by atoms with Crippen molar-refractivity contribution in [1.82, 2.24) is 19.9 Å². The number of nitrogens with zero attached hydrogens (tertiary/aromatic N) is 4. The molecule has 0 saturated heterocycles. The van der Waals surface area contributed by atoms with Gasteiger partial charge in [0.1, 0.15) is 11.5 Å². The van der Waals surface area contributed by atoms with Crippen LogP contribution in [0.4, 0.5) is 0 Å². The fraction of sp³-hybridized carbons (Fsp3) is 0.217. The summed E-state index contributed by atoms with van der Waals surface area (Å²) >= 11 is 0. The van der Waals surface area contributed by atoms with Crippen LogP contribution in [0.3, 0.4) is 0 Å². The van der Waals surface area contributed by atoms with E-state index in [9.17, 15) is 0 Å². The normalized spacial score (nSPS) is 12.3. The Labute approximate surface area is 299 Å². The first-order chi connectivity index (χ1) is 24.5. The zero-order valence-corrected chi connectivity index (χ0v) is 30.2. The number of hydrogen-bond donors (Lipinski definition) is 0. The van der Waals surface area contributed by atoms with Gasteiger partial charge in [0, 0.05) is 68.8 Å². The Balaban J connectivity index is 1.13. The quantitative estimate of drug-likeness (QED) is 0.165. The number of aromatic nitrogens is 4. The van der Waals surface area contributed by atoms with Crippen LogP contribution in [0.5, 0.6) is 11.5 Å². The molecule has 0 fully saturated rings. The van der Waals surface area contributed by atoms with Gasteiger partial charge in [-0.2, -0.15) is 0 Å². The van der Waals surface area contributed by atoms with Crippen molar-refractivity contribution in [1.29, 1.82) is 0 Å². The van der Waals surface area contributed by atoms with Crippen molar-refractivity contribution in [2.24, 2.45) is 10.8 Å². The minimum atomic E-state index is 0.147. The predicted molar refractivity (Wildman–Crippen MR) is 211 cm³/mol. The molecule has 4 aromatic heterocycles. The Morgan fingerprint density at radius 1 is 0.412 bits per heavy atom. The van der Waals surface area contributed by atoms with Crippen molar-refractivity contribution < 1.29 is 4.74 Å². The molecule has 8 rings (SSSR count). The zero-order valence-electron chi connectivity index (χ0n) is 30.2. The Kier molecular flexibility index (Phi) is 8.02. The lowest BCUT2D eigenvalue weighted by Crippen LogP contribution is -2.10. The summed E-state index contributed by atoms with van der Waals surface area (Å²) in [6, 6.07) is 33.6.